The van der Waals surface area contributed by atoms with Crippen molar-refractivity contribution in [3.63, 3.8) is 0 Å². The molecule has 1 aliphatic heterocycles. The summed E-state index contributed by atoms with van der Waals surface area (Å²) in [5.41, 5.74) is 0.899. The lowest BCUT2D eigenvalue weighted by atomic mass is 9.87. The molecule has 6 rings (SSSR count). The fraction of sp³-hybridized carbons (Fsp3) is 0.240. The van der Waals surface area contributed by atoms with Crippen LogP contribution in [-0.2, 0) is 23.8 Å². The van der Waals surface area contributed by atoms with E-state index in [1.807, 2.05) is 0 Å². The predicted octanol–water partition coefficient (Wildman–Crippen LogP) is 5.44. The van der Waals surface area contributed by atoms with E-state index in [0.717, 1.165) is 5.56 Å². The molecule has 184 valence electrons. The number of carboxylic acid groups (broad SMARTS) is 1. The number of aromatic nitrogens is 2. The second-order valence-corrected chi connectivity index (χ2v) is 8.84. The molecule has 0 bridgehead atoms. The van der Waals surface area contributed by atoms with E-state index in [2.05, 4.69) is 10.3 Å². The zero-order chi connectivity index (χ0) is 25.2. The van der Waals surface area contributed by atoms with E-state index < -0.39 is 35.2 Å². The molecule has 1 saturated heterocycles. The van der Waals surface area contributed by atoms with Crippen molar-refractivity contribution >= 4 is 11.7 Å². The standard InChI is InChI=1S/C25H17F4N3O4/c26-17-9-16-13(8-18(17)32-10-14(11-32)24(33)34)6-7-15-21(16)31-35-22(15)23-19(25(27,28)29)20(30-36-23)12-4-2-1-3-5-12/h1-5,8-9,14H,6-7,10-11H2,(H,33,34). The number of benzene rings is 2. The molecule has 7 nitrogen and oxygen atoms in total. The van der Waals surface area contributed by atoms with Gasteiger partial charge in [0.2, 0.25) is 11.5 Å². The summed E-state index contributed by atoms with van der Waals surface area (Å²) in [4.78, 5) is 12.7. The van der Waals surface area contributed by atoms with Crippen LogP contribution in [0.3, 0.4) is 0 Å². The first-order valence-corrected chi connectivity index (χ1v) is 11.1. The van der Waals surface area contributed by atoms with Gasteiger partial charge in [-0.25, -0.2) is 4.39 Å². The second-order valence-electron chi connectivity index (χ2n) is 8.84. The van der Waals surface area contributed by atoms with Crippen molar-refractivity contribution in [1.29, 1.82) is 0 Å². The van der Waals surface area contributed by atoms with Crippen molar-refractivity contribution < 1.29 is 36.5 Å². The first-order chi connectivity index (χ1) is 17.2. The van der Waals surface area contributed by atoms with Crippen LogP contribution in [0.1, 0.15) is 16.7 Å². The molecule has 1 fully saturated rings. The van der Waals surface area contributed by atoms with Crippen LogP contribution in [0.2, 0.25) is 0 Å². The maximum Gasteiger partial charge on any atom is 0.422 e. The molecular formula is C25H17F4N3O4. The Bertz CT molecular complexity index is 1490. The number of carboxylic acids is 1. The number of aryl methyl sites for hydroxylation is 1. The summed E-state index contributed by atoms with van der Waals surface area (Å²) < 4.78 is 67.9. The van der Waals surface area contributed by atoms with Gasteiger partial charge < -0.3 is 19.1 Å². The SMILES string of the molecule is O=C(O)C1CN(c2cc3c(cc2F)-c2noc(-c4onc(-c5ccccc5)c4C(F)(F)F)c2CC3)C1. The first-order valence-electron chi connectivity index (χ1n) is 11.1. The molecule has 3 heterocycles. The minimum absolute atomic E-state index is 0.186. The monoisotopic (exact) mass is 499 g/mol. The fourth-order valence-corrected chi connectivity index (χ4v) is 4.80. The number of rotatable bonds is 4. The van der Waals surface area contributed by atoms with Gasteiger partial charge in [-0.1, -0.05) is 40.6 Å². The van der Waals surface area contributed by atoms with Crippen LogP contribution in [0.5, 0.6) is 0 Å². The van der Waals surface area contributed by atoms with Crippen LogP contribution in [0.4, 0.5) is 23.2 Å². The predicted molar refractivity (Wildman–Crippen MR) is 119 cm³/mol. The Morgan fingerprint density at radius 2 is 1.69 bits per heavy atom. The number of anilines is 1. The molecule has 0 radical (unpaired) electrons. The normalized spacial score (nSPS) is 15.4. The van der Waals surface area contributed by atoms with Gasteiger partial charge >= 0.3 is 12.1 Å². The summed E-state index contributed by atoms with van der Waals surface area (Å²) in [6, 6.07) is 10.8. The summed E-state index contributed by atoms with van der Waals surface area (Å²) in [6.07, 6.45) is -4.08. The lowest BCUT2D eigenvalue weighted by molar-refractivity contribution is -0.142. The Kier molecular flexibility index (Phi) is 4.92. The highest BCUT2D eigenvalue weighted by Gasteiger charge is 2.44. The number of alkyl halides is 3. The molecule has 2 aromatic heterocycles. The maximum atomic E-state index is 15.0. The number of hydrogen-bond donors (Lipinski definition) is 1. The van der Waals surface area contributed by atoms with Crippen molar-refractivity contribution in [2.75, 3.05) is 18.0 Å². The van der Waals surface area contributed by atoms with E-state index in [1.54, 1.807) is 29.2 Å². The number of carbonyl (C=O) groups is 1. The molecule has 2 aromatic carbocycles. The maximum absolute atomic E-state index is 15.0. The van der Waals surface area contributed by atoms with E-state index in [0.29, 0.717) is 29.7 Å². The van der Waals surface area contributed by atoms with Gasteiger partial charge in [0, 0.05) is 29.8 Å². The van der Waals surface area contributed by atoms with Crippen LogP contribution in [0.25, 0.3) is 34.0 Å². The minimum Gasteiger partial charge on any atom is -0.481 e. The van der Waals surface area contributed by atoms with Crippen LogP contribution < -0.4 is 4.90 Å². The fourth-order valence-electron chi connectivity index (χ4n) is 4.80. The molecule has 0 unspecified atom stereocenters. The Morgan fingerprint density at radius 1 is 1.00 bits per heavy atom. The third-order valence-electron chi connectivity index (χ3n) is 6.66. The molecule has 0 spiro atoms. The molecule has 0 atom stereocenters. The van der Waals surface area contributed by atoms with Crippen molar-refractivity contribution in [1.82, 2.24) is 10.3 Å². The van der Waals surface area contributed by atoms with Crippen LogP contribution >= 0.6 is 0 Å². The largest absolute Gasteiger partial charge is 0.481 e. The van der Waals surface area contributed by atoms with Crippen molar-refractivity contribution in [3.8, 4) is 34.0 Å². The zero-order valence-corrected chi connectivity index (χ0v) is 18.5. The molecule has 4 aromatic rings. The lowest BCUT2D eigenvalue weighted by Crippen LogP contribution is -2.50. The number of hydrogen-bond acceptors (Lipinski definition) is 6. The Balaban J connectivity index is 1.40. The van der Waals surface area contributed by atoms with E-state index in [-0.39, 0.29) is 35.8 Å². The van der Waals surface area contributed by atoms with Gasteiger partial charge in [0.05, 0.1) is 11.6 Å². The molecule has 1 aliphatic carbocycles. The average molecular weight is 499 g/mol. The topological polar surface area (TPSA) is 92.6 Å². The molecule has 11 heteroatoms. The smallest absolute Gasteiger partial charge is 0.422 e. The Labute approximate surface area is 200 Å². The van der Waals surface area contributed by atoms with E-state index in [9.17, 15) is 22.4 Å². The number of nitrogens with zero attached hydrogens (tertiary/aromatic N) is 3. The molecule has 36 heavy (non-hydrogen) atoms. The Morgan fingerprint density at radius 3 is 2.39 bits per heavy atom. The molecule has 1 N–H and O–H groups in total. The highest BCUT2D eigenvalue weighted by atomic mass is 19.4. The molecule has 2 aliphatic rings. The molecular weight excluding hydrogens is 482 g/mol. The number of halogens is 4. The van der Waals surface area contributed by atoms with Crippen molar-refractivity contribution in [2.24, 2.45) is 5.92 Å². The molecule has 0 saturated carbocycles. The highest BCUT2D eigenvalue weighted by Crippen LogP contribution is 2.47. The summed E-state index contributed by atoms with van der Waals surface area (Å²) in [7, 11) is 0. The quantitative estimate of drug-likeness (QED) is 0.374. The first kappa shape index (κ1) is 22.3. The van der Waals surface area contributed by atoms with Crippen molar-refractivity contribution in [3.05, 3.63) is 65.0 Å². The minimum atomic E-state index is -4.78. The van der Waals surface area contributed by atoms with Crippen molar-refractivity contribution in [2.45, 2.75) is 19.0 Å². The van der Waals surface area contributed by atoms with E-state index in [1.165, 1.54) is 18.2 Å². The van der Waals surface area contributed by atoms with Crippen LogP contribution in [0, 0.1) is 11.7 Å². The van der Waals surface area contributed by atoms with Gasteiger partial charge in [-0.2, -0.15) is 13.2 Å². The third-order valence-corrected chi connectivity index (χ3v) is 6.66. The van der Waals surface area contributed by atoms with E-state index >= 15 is 0 Å². The number of aliphatic carboxylic acids is 1. The summed E-state index contributed by atoms with van der Waals surface area (Å²) in [5, 5.41) is 16.7. The second kappa shape index (κ2) is 7.94. The van der Waals surface area contributed by atoms with E-state index in [4.69, 9.17) is 14.2 Å². The third kappa shape index (κ3) is 3.45. The van der Waals surface area contributed by atoms with Crippen LogP contribution in [-0.4, -0.2) is 34.5 Å². The van der Waals surface area contributed by atoms with Gasteiger partial charge in [0.25, 0.3) is 0 Å². The van der Waals surface area contributed by atoms with Crippen LogP contribution in [0.15, 0.2) is 51.5 Å². The lowest BCUT2D eigenvalue weighted by Gasteiger charge is -2.39. The van der Waals surface area contributed by atoms with Gasteiger partial charge in [0.15, 0.2) is 0 Å². The van der Waals surface area contributed by atoms with Gasteiger partial charge in [-0.05, 0) is 30.5 Å². The van der Waals surface area contributed by atoms with Gasteiger partial charge in [0.1, 0.15) is 22.8 Å². The van der Waals surface area contributed by atoms with Gasteiger partial charge in [-0.15, -0.1) is 0 Å². The number of fused-ring (bicyclic) bond motifs is 3. The highest BCUT2D eigenvalue weighted by molar-refractivity contribution is 5.81. The average Bonchev–Trinajstić information content (AvgIpc) is 3.43. The van der Waals surface area contributed by atoms with Gasteiger partial charge in [-0.3, -0.25) is 4.79 Å². The Hall–Kier alpha value is -4.15. The summed E-state index contributed by atoms with van der Waals surface area (Å²) >= 11 is 0. The summed E-state index contributed by atoms with van der Waals surface area (Å²) in [5.74, 6) is -2.80. The zero-order valence-electron chi connectivity index (χ0n) is 18.5. The summed E-state index contributed by atoms with van der Waals surface area (Å²) in [6.45, 7) is 0.416. The molecule has 0 amide bonds.